The van der Waals surface area contributed by atoms with Crippen LogP contribution < -0.4 is 9.57 Å². The van der Waals surface area contributed by atoms with Crippen LogP contribution in [0.5, 0.6) is 5.75 Å². The summed E-state index contributed by atoms with van der Waals surface area (Å²) in [7, 11) is 6.38. The first-order valence-electron chi connectivity index (χ1n) is 12.0. The monoisotopic (exact) mass is 560 g/mol. The molecule has 0 saturated heterocycles. The van der Waals surface area contributed by atoms with Gasteiger partial charge in [-0.3, -0.25) is 4.98 Å². The van der Waals surface area contributed by atoms with Gasteiger partial charge in [-0.2, -0.15) is 0 Å². The van der Waals surface area contributed by atoms with Gasteiger partial charge in [0.2, 0.25) is 0 Å². The van der Waals surface area contributed by atoms with Crippen LogP contribution in [0, 0.1) is 6.07 Å². The van der Waals surface area contributed by atoms with Gasteiger partial charge >= 0.3 is 0 Å². The maximum absolute atomic E-state index is 6.04. The average Bonchev–Trinajstić information content (AvgIpc) is 3.72. The number of nitrogens with zero attached hydrogens (tertiary/aromatic N) is 3. The Morgan fingerprint density at radius 3 is 2.13 bits per heavy atom. The number of ether oxygens (including phenoxy) is 3. The van der Waals surface area contributed by atoms with Crippen LogP contribution in [-0.2, 0) is 26.5 Å². The van der Waals surface area contributed by atoms with Crippen molar-refractivity contribution in [2.75, 3.05) is 28.4 Å². The third-order valence-corrected chi connectivity index (χ3v) is 6.38. The van der Waals surface area contributed by atoms with Gasteiger partial charge in [0.15, 0.2) is 11.5 Å². The first-order chi connectivity index (χ1) is 18.6. The Balaban J connectivity index is 0.00000308. The van der Waals surface area contributed by atoms with E-state index in [4.69, 9.17) is 29.0 Å². The summed E-state index contributed by atoms with van der Waals surface area (Å²) in [5.74, 6) is 1.39. The Morgan fingerprint density at radius 1 is 0.769 bits per heavy atom. The van der Waals surface area contributed by atoms with Gasteiger partial charge in [-0.15, -0.1) is 11.6 Å². The summed E-state index contributed by atoms with van der Waals surface area (Å²) >= 11 is 0. The van der Waals surface area contributed by atoms with Crippen molar-refractivity contribution < 1.29 is 36.1 Å². The van der Waals surface area contributed by atoms with E-state index in [0.29, 0.717) is 39.7 Å². The van der Waals surface area contributed by atoms with E-state index < -0.39 is 0 Å². The van der Waals surface area contributed by atoms with Crippen LogP contribution in [-0.4, -0.2) is 48.1 Å². The average molecular weight is 560 g/mol. The van der Waals surface area contributed by atoms with E-state index in [1.54, 1.807) is 33.2 Å². The van der Waals surface area contributed by atoms with Gasteiger partial charge in [-0.1, -0.05) is 42.0 Å². The summed E-state index contributed by atoms with van der Waals surface area (Å²) in [6.45, 7) is 0. The first-order valence-corrected chi connectivity index (χ1v) is 12.0. The molecule has 2 aliphatic rings. The van der Waals surface area contributed by atoms with E-state index in [0.717, 1.165) is 33.5 Å². The standard InChI is InChI=1S/C30H25N4O4.Mn/c1-35-28-25-16-22-13-11-20(32-22)14-19-10-12-21(31-19)15-23-17-24(18-8-6-5-7-9-18)27(34(23)38-4)29(36-2)26(33-25)30(28)37-3;/h5-16,32H,1-4H3;/q-1;. The Labute approximate surface area is 236 Å². The number of hydrogen-bond acceptors (Lipinski definition) is 6. The predicted octanol–water partition coefficient (Wildman–Crippen LogP) is 5.61. The van der Waals surface area contributed by atoms with Crippen LogP contribution in [0.25, 0.3) is 56.9 Å². The number of methoxy groups -OCH3 is 3. The molecule has 1 radical (unpaired) electrons. The number of hydrogen-bond donors (Lipinski definition) is 1. The molecule has 2 aliphatic heterocycles. The van der Waals surface area contributed by atoms with Gasteiger partial charge in [-0.05, 0) is 41.9 Å². The number of benzene rings is 1. The largest absolute Gasteiger partial charge is 0.502 e. The number of aromatic nitrogens is 4. The molecular formula is C30H25MnN4O4-. The summed E-state index contributed by atoms with van der Waals surface area (Å²) in [6.07, 6.45) is 3.93. The van der Waals surface area contributed by atoms with Crippen LogP contribution in [0.2, 0.25) is 0 Å². The molecule has 1 N–H and O–H groups in total. The van der Waals surface area contributed by atoms with E-state index in [9.17, 15) is 0 Å². The molecule has 6 rings (SSSR count). The normalized spacial score (nSPS) is 12.2. The van der Waals surface area contributed by atoms with Gasteiger partial charge in [0.1, 0.15) is 24.2 Å². The fourth-order valence-corrected chi connectivity index (χ4v) is 4.75. The van der Waals surface area contributed by atoms with Crippen molar-refractivity contribution in [1.29, 1.82) is 0 Å². The molecule has 0 spiro atoms. The zero-order valence-corrected chi connectivity index (χ0v) is 23.0. The van der Waals surface area contributed by atoms with Crippen LogP contribution >= 0.6 is 0 Å². The van der Waals surface area contributed by atoms with Gasteiger partial charge in [-0.25, -0.2) is 9.71 Å². The molecule has 1 aromatic carbocycles. The van der Waals surface area contributed by atoms with Crippen molar-refractivity contribution in [3.63, 3.8) is 0 Å². The van der Waals surface area contributed by atoms with Gasteiger partial charge in [0, 0.05) is 39.3 Å². The second-order valence-corrected chi connectivity index (χ2v) is 8.62. The fourth-order valence-electron chi connectivity index (χ4n) is 4.75. The van der Waals surface area contributed by atoms with Crippen molar-refractivity contribution in [2.24, 2.45) is 0 Å². The molecule has 39 heavy (non-hydrogen) atoms. The number of fused-ring (bicyclic) bond motifs is 8. The molecule has 9 heteroatoms. The molecular weight excluding hydrogens is 535 g/mol. The molecule has 5 heterocycles. The smallest absolute Gasteiger partial charge is 0.191 e. The summed E-state index contributed by atoms with van der Waals surface area (Å²) in [4.78, 5) is 19.0. The van der Waals surface area contributed by atoms with Gasteiger partial charge in [0.25, 0.3) is 0 Å². The van der Waals surface area contributed by atoms with E-state index in [1.165, 1.54) is 0 Å². The van der Waals surface area contributed by atoms with Crippen LogP contribution in [0.1, 0.15) is 22.8 Å². The van der Waals surface area contributed by atoms with Crippen molar-refractivity contribution in [2.45, 2.75) is 0 Å². The van der Waals surface area contributed by atoms with E-state index >= 15 is 0 Å². The molecule has 0 unspecified atom stereocenters. The third kappa shape index (κ3) is 4.56. The summed E-state index contributed by atoms with van der Waals surface area (Å²) in [6, 6.07) is 23.2. The Kier molecular flexibility index (Phi) is 7.19. The zero-order valence-electron chi connectivity index (χ0n) is 21.8. The minimum atomic E-state index is 0. The molecule has 4 aromatic rings. The maximum Gasteiger partial charge on any atom is 0.191 e. The number of H-pyrrole nitrogens is 1. The maximum atomic E-state index is 6.04. The summed E-state index contributed by atoms with van der Waals surface area (Å²) in [5.41, 5.74) is 7.45. The first kappa shape index (κ1) is 26.2. The Hall–Kier alpha value is -4.46. The van der Waals surface area contributed by atoms with Gasteiger partial charge in [0.05, 0.1) is 27.0 Å². The number of nitrogens with one attached hydrogen (secondary N) is 1. The second kappa shape index (κ2) is 10.7. The third-order valence-electron chi connectivity index (χ3n) is 6.38. The van der Waals surface area contributed by atoms with E-state index in [2.05, 4.69) is 11.1 Å². The molecule has 0 amide bonds. The molecule has 0 atom stereocenters. The summed E-state index contributed by atoms with van der Waals surface area (Å²) in [5, 5.41) is 0. The predicted molar refractivity (Wildman–Crippen MR) is 148 cm³/mol. The molecule has 0 aliphatic carbocycles. The van der Waals surface area contributed by atoms with Crippen LogP contribution in [0.15, 0.2) is 60.7 Å². The number of rotatable bonds is 5. The Bertz CT molecular complexity index is 1770. The topological polar surface area (TPSA) is 83.4 Å². The Morgan fingerprint density at radius 2 is 1.46 bits per heavy atom. The van der Waals surface area contributed by atoms with Crippen molar-refractivity contribution in [1.82, 2.24) is 19.7 Å². The SMILES string of the molecule is COC1=C(OC)c2nc1cc1ccc(cc3nc(cc4[c-]c(-c5ccccc5)c(c2OC)n4OC)C=C3)[nH]1.[Mn]. The van der Waals surface area contributed by atoms with Crippen LogP contribution in [0.4, 0.5) is 0 Å². The summed E-state index contributed by atoms with van der Waals surface area (Å²) < 4.78 is 19.3. The van der Waals surface area contributed by atoms with Crippen molar-refractivity contribution in [3.8, 4) is 16.9 Å². The molecule has 0 saturated carbocycles. The minimum Gasteiger partial charge on any atom is -0.502 e. The van der Waals surface area contributed by atoms with Gasteiger partial charge < -0.3 is 24.0 Å². The second-order valence-electron chi connectivity index (χ2n) is 8.62. The van der Waals surface area contributed by atoms with Crippen LogP contribution in [0.3, 0.4) is 0 Å². The number of aromatic amines is 1. The molecule has 3 aromatic heterocycles. The van der Waals surface area contributed by atoms with Crippen molar-refractivity contribution >= 4 is 45.7 Å². The van der Waals surface area contributed by atoms with E-state index in [1.807, 2.05) is 72.8 Å². The molecule has 8 nitrogen and oxygen atoms in total. The fraction of sp³-hybridized carbons (Fsp3) is 0.133. The molecule has 0 fully saturated rings. The minimum absolute atomic E-state index is 0. The van der Waals surface area contributed by atoms with E-state index in [-0.39, 0.29) is 17.1 Å². The quantitative estimate of drug-likeness (QED) is 0.222. The molecule has 197 valence electrons. The zero-order chi connectivity index (χ0) is 26.2. The molecule has 8 bridgehead atoms. The van der Waals surface area contributed by atoms with Crippen molar-refractivity contribution in [3.05, 3.63) is 89.5 Å².